The number of aryl methyl sites for hydroxylation is 3. The predicted molar refractivity (Wildman–Crippen MR) is 408 cm³/mol. The molecule has 0 spiro atoms. The van der Waals surface area contributed by atoms with Crippen molar-refractivity contribution in [1.82, 2.24) is 74.6 Å². The van der Waals surface area contributed by atoms with Crippen molar-refractivity contribution >= 4 is 46.2 Å². The molecule has 3 aliphatic carbocycles. The normalized spacial score (nSPS) is 18.2. The average Bonchev–Trinajstić information content (AvgIpc) is 1.65. The second kappa shape index (κ2) is 41.5. The molecule has 10 heterocycles. The first-order valence-corrected chi connectivity index (χ1v) is 36.2. The van der Waals surface area contributed by atoms with Crippen molar-refractivity contribution in [2.75, 3.05) is 54.4 Å². The highest BCUT2D eigenvalue weighted by molar-refractivity contribution is 9.10. The Morgan fingerprint density at radius 1 is 0.657 bits per heavy atom. The van der Waals surface area contributed by atoms with Crippen LogP contribution in [0.2, 0.25) is 0 Å². The van der Waals surface area contributed by atoms with Gasteiger partial charge in [0, 0.05) is 113 Å². The highest BCUT2D eigenvalue weighted by atomic mass is 79.9. The number of ether oxygens (including phenoxy) is 7. The molecule has 0 radical (unpaired) electrons. The maximum absolute atomic E-state index is 11.9. The van der Waals surface area contributed by atoms with E-state index >= 15 is 0 Å². The number of hydrogen-bond acceptors (Lipinski definition) is 27. The van der Waals surface area contributed by atoms with E-state index in [1.54, 1.807) is 99.8 Å². The summed E-state index contributed by atoms with van der Waals surface area (Å²) in [6.07, 6.45) is 23.5. The highest BCUT2D eigenvalue weighted by Gasteiger charge is 2.52. The lowest BCUT2D eigenvalue weighted by molar-refractivity contribution is 0.00578. The molecule has 1 aliphatic heterocycles. The number of rotatable bonds is 21. The molecule has 32 nitrogen and oxygen atoms in total. The van der Waals surface area contributed by atoms with Crippen LogP contribution in [0.5, 0.6) is 34.9 Å². The fourth-order valence-electron chi connectivity index (χ4n) is 10.2. The van der Waals surface area contributed by atoms with Gasteiger partial charge in [-0.25, -0.2) is 30.8 Å². The zero-order valence-corrected chi connectivity index (χ0v) is 66.5. The molecule has 108 heavy (non-hydrogen) atoms. The summed E-state index contributed by atoms with van der Waals surface area (Å²) in [5, 5.41) is 32.4. The lowest BCUT2D eigenvalue weighted by atomic mass is 9.82. The SMILES string of the molecule is CC.CC(C)(C)OC(=O)n1cc(B2OC(C)(C)C(C)(C)O2)cn1.COc1ccc(C2C[C@@H]2COc2nc(C)ncc2-c2cn[nH]c2)nc1.COc1ccc(C2C[C@@H]2COc2nc(C)ncc2-c2cnn([C@@H](C)CO)c2)nc1.COc1ccc(C2C[C@@H]2COc2nc(C)ncc2Br)nc1.C[C@H](Cl)CO.N=N.[N-]=[N+]=N. The fraction of sp³-hybridized carbons (Fsp3) is 0.493. The van der Waals surface area contributed by atoms with Gasteiger partial charge in [0.15, 0.2) is 0 Å². The first-order chi connectivity index (χ1) is 51.6. The number of hydrogen-bond donors (Lipinski definition) is 6. The van der Waals surface area contributed by atoms with Crippen LogP contribution in [0.15, 0.2) is 115 Å². The lowest BCUT2D eigenvalue weighted by Crippen LogP contribution is -2.41. The lowest BCUT2D eigenvalue weighted by Gasteiger charge is -2.32. The minimum absolute atomic E-state index is 0.0251. The summed E-state index contributed by atoms with van der Waals surface area (Å²) < 4.78 is 54.1. The number of halogens is 2. The van der Waals surface area contributed by atoms with Gasteiger partial charge >= 0.3 is 13.2 Å². The number of nitrogens with zero attached hydrogens (tertiary/aromatic N) is 16. The smallest absolute Gasteiger partial charge is 0.495 e. The number of alkyl halides is 1. The summed E-state index contributed by atoms with van der Waals surface area (Å²) in [5.74, 6) is 8.81. The molecular weight excluding hydrogens is 1480 g/mol. The number of pyridine rings is 3. The Bertz CT molecular complexity index is 4230. The van der Waals surface area contributed by atoms with Crippen LogP contribution in [-0.2, 0) is 14.0 Å². The Labute approximate surface area is 643 Å². The molecule has 0 amide bonds. The van der Waals surface area contributed by atoms with Crippen molar-refractivity contribution in [2.45, 2.75) is 162 Å². The van der Waals surface area contributed by atoms with E-state index in [0.717, 1.165) is 85.0 Å². The highest BCUT2D eigenvalue weighted by Crippen LogP contribution is 2.49. The molecule has 35 heteroatoms. The Hall–Kier alpha value is -9.83. The second-order valence-corrected chi connectivity index (χ2v) is 28.6. The summed E-state index contributed by atoms with van der Waals surface area (Å²) >= 11 is 8.61. The van der Waals surface area contributed by atoms with Gasteiger partial charge in [0.1, 0.15) is 40.3 Å². The van der Waals surface area contributed by atoms with Gasteiger partial charge in [0.2, 0.25) is 17.6 Å². The van der Waals surface area contributed by atoms with Crippen LogP contribution in [-0.4, -0.2) is 175 Å². The van der Waals surface area contributed by atoms with Gasteiger partial charge in [-0.2, -0.15) is 34.9 Å². The number of aromatic nitrogens is 15. The zero-order valence-electron chi connectivity index (χ0n) is 64.1. The van der Waals surface area contributed by atoms with Crippen LogP contribution in [0.3, 0.4) is 0 Å². The molecule has 0 bridgehead atoms. The molecule has 9 aromatic heterocycles. The molecule has 8 atom stereocenters. The van der Waals surface area contributed by atoms with Gasteiger partial charge in [-0.05, 0) is 165 Å². The van der Waals surface area contributed by atoms with Gasteiger partial charge in [0.05, 0.1) is 124 Å². The van der Waals surface area contributed by atoms with Crippen molar-refractivity contribution in [3.63, 3.8) is 0 Å². The summed E-state index contributed by atoms with van der Waals surface area (Å²) in [4.78, 5) is 53.0. The molecule has 6 N–H and O–H groups in total. The van der Waals surface area contributed by atoms with Crippen molar-refractivity contribution < 1.29 is 57.5 Å². The number of H-pyrrole nitrogens is 1. The molecule has 4 fully saturated rings. The van der Waals surface area contributed by atoms with E-state index < -0.39 is 30.0 Å². The number of nitrogens with one attached hydrogen (secondary N) is 4. The van der Waals surface area contributed by atoms with E-state index in [2.05, 4.69) is 81.2 Å². The number of aliphatic hydroxyl groups excluding tert-OH is 2. The number of carbonyl (C=O) groups is 1. The van der Waals surface area contributed by atoms with Gasteiger partial charge in [0.25, 0.3) is 0 Å². The summed E-state index contributed by atoms with van der Waals surface area (Å²) in [6.45, 7) is 28.4. The van der Waals surface area contributed by atoms with Crippen LogP contribution in [0.1, 0.15) is 154 Å². The summed E-state index contributed by atoms with van der Waals surface area (Å²) in [6, 6.07) is 11.8. The summed E-state index contributed by atoms with van der Waals surface area (Å²) in [7, 11) is 4.39. The Kier molecular flexibility index (Phi) is 33.5. The average molecular weight is 1570 g/mol. The first kappa shape index (κ1) is 87.1. The second-order valence-electron chi connectivity index (χ2n) is 27.0. The standard InChI is InChI=1S/C21H25N5O3.C18H19N5O2.C15H16BrN3O2.C14H23BN2O4.C3H7ClO.C2H6.HN3.H2N2/c1-13(11-27)26-10-16(7-24-26)19-9-22-14(2)25-21(19)29-12-15-6-18(15)20-5-4-17(28-3)8-23-20;1-11-19-9-16(13-6-21-22-7-13)18(23-11)25-10-12-5-15(12)17-4-3-14(24-2)8-20-17;1-9-17-7-13(16)15(19-9)21-8-10-5-12(10)14-4-3-11(20-2)6-18-14;1-12(2,3)19-11(18)17-9-10(8-16-17)15-20-13(4,5)14(6,7)21-15;1-3(4)2-5;1-2;1-3-2;1-2/h4-5,7-10,13,15,18,27H,6,11-12H2,1-3H3;3-4,6-9,12,15H,5,10H2,1-2H3,(H,21,22);3-4,6-7,10,12H,5,8H2,1-2H3;8-9H,1-7H3;3,5H,2H2,1H3;1-2H3;1H;1-2H/t13-,15+,18?;12-,15?;10-,12?;;3-;;;/m011.0.../s1. The van der Waals surface area contributed by atoms with Gasteiger partial charge in [-0.1, -0.05) is 13.8 Å². The van der Waals surface area contributed by atoms with Crippen molar-refractivity contribution in [2.24, 2.45) is 17.8 Å². The van der Waals surface area contributed by atoms with Crippen LogP contribution < -0.4 is 33.9 Å². The largest absolute Gasteiger partial charge is 0.498 e. The Balaban J connectivity index is 0.000000216. The molecule has 13 rings (SSSR count). The molecule has 580 valence electrons. The summed E-state index contributed by atoms with van der Waals surface area (Å²) in [5.41, 5.74) is 28.2. The van der Waals surface area contributed by atoms with E-state index in [0.29, 0.717) is 95.9 Å². The third-order valence-corrected chi connectivity index (χ3v) is 17.9. The van der Waals surface area contributed by atoms with E-state index in [-0.39, 0.29) is 24.6 Å². The van der Waals surface area contributed by atoms with Gasteiger partial charge in [-0.15, -0.1) is 17.1 Å². The Morgan fingerprint density at radius 3 is 1.45 bits per heavy atom. The van der Waals surface area contributed by atoms with E-state index in [9.17, 15) is 9.90 Å². The first-order valence-electron chi connectivity index (χ1n) is 34.9. The molecule has 0 aromatic carbocycles. The quantitative estimate of drug-likeness (QED) is 0.0128. The molecule has 1 saturated heterocycles. The molecule has 3 saturated carbocycles. The maximum Gasteiger partial charge on any atom is 0.498 e. The van der Waals surface area contributed by atoms with E-state index in [1.165, 1.54) is 0 Å². The minimum atomic E-state index is -0.562. The molecular formula is C73H99BBrClN20O12. The zero-order chi connectivity index (χ0) is 79.5. The third-order valence-electron chi connectivity index (χ3n) is 17.2. The van der Waals surface area contributed by atoms with Crippen molar-refractivity contribution in [3.8, 4) is 57.1 Å². The topological polar surface area (TPSA) is 429 Å². The van der Waals surface area contributed by atoms with Crippen molar-refractivity contribution in [3.05, 3.63) is 160 Å². The van der Waals surface area contributed by atoms with E-state index in [1.807, 2.05) is 139 Å². The molecule has 9 aromatic rings. The number of aromatic amines is 1. The minimum Gasteiger partial charge on any atom is -0.495 e. The molecule has 3 unspecified atom stereocenters. The van der Waals surface area contributed by atoms with Crippen LogP contribution in [0, 0.1) is 55.1 Å². The van der Waals surface area contributed by atoms with Gasteiger partial charge in [-0.3, -0.25) is 24.7 Å². The molecule has 4 aliphatic rings. The van der Waals surface area contributed by atoms with Crippen molar-refractivity contribution in [1.29, 1.82) is 16.6 Å². The van der Waals surface area contributed by atoms with Gasteiger partial charge < -0.3 is 52.7 Å². The number of methoxy groups -OCH3 is 3. The van der Waals surface area contributed by atoms with Crippen LogP contribution in [0.25, 0.3) is 32.7 Å². The Morgan fingerprint density at radius 2 is 1.07 bits per heavy atom. The van der Waals surface area contributed by atoms with Crippen LogP contribution >= 0.6 is 27.5 Å². The van der Waals surface area contributed by atoms with Crippen LogP contribution in [0.4, 0.5) is 4.79 Å². The fourth-order valence-corrected chi connectivity index (χ4v) is 10.5. The predicted octanol–water partition coefficient (Wildman–Crippen LogP) is 13.8. The third kappa shape index (κ3) is 26.0. The monoisotopic (exact) mass is 1570 g/mol. The maximum atomic E-state index is 11.9. The number of aliphatic hydroxyl groups is 2. The number of carbonyl (C=O) groups excluding carboxylic acids is 1. The van der Waals surface area contributed by atoms with E-state index in [4.69, 9.17) is 81.3 Å².